The van der Waals surface area contributed by atoms with Crippen LogP contribution in [0.25, 0.3) is 0 Å². The zero-order valence-electron chi connectivity index (χ0n) is 12.2. The molecule has 1 aliphatic rings. The van der Waals surface area contributed by atoms with Crippen molar-refractivity contribution in [1.29, 1.82) is 0 Å². The molecule has 0 bridgehead atoms. The number of methoxy groups -OCH3 is 1. The molecule has 6 heteroatoms. The number of nitrogens with zero attached hydrogens (tertiary/aromatic N) is 1. The summed E-state index contributed by atoms with van der Waals surface area (Å²) in [5.41, 5.74) is 1.19. The number of halogens is 1. The minimum atomic E-state index is -0.388. The van der Waals surface area contributed by atoms with Gasteiger partial charge < -0.3 is 15.0 Å². The fourth-order valence-electron chi connectivity index (χ4n) is 2.44. The van der Waals surface area contributed by atoms with Crippen molar-refractivity contribution in [3.8, 4) is 0 Å². The number of carbonyl (C=O) groups is 2. The standard InChI is InChI=1S/C15H19ClN2O3/c1-10(19)18-7-5-12(6-8-18)17-14-9-11(15(20)21-2)3-4-13(14)16/h3-4,9,12,17H,5-8H2,1-2H3. The molecule has 2 rings (SSSR count). The first-order valence-electron chi connectivity index (χ1n) is 6.91. The molecule has 0 saturated carbocycles. The van der Waals surface area contributed by atoms with E-state index in [1.54, 1.807) is 25.1 Å². The summed E-state index contributed by atoms with van der Waals surface area (Å²) in [4.78, 5) is 24.7. The lowest BCUT2D eigenvalue weighted by atomic mass is 10.0. The number of hydrogen-bond donors (Lipinski definition) is 1. The molecular formula is C15H19ClN2O3. The van der Waals surface area contributed by atoms with Crippen LogP contribution < -0.4 is 5.32 Å². The van der Waals surface area contributed by atoms with Gasteiger partial charge in [-0.3, -0.25) is 4.79 Å². The topological polar surface area (TPSA) is 58.6 Å². The van der Waals surface area contributed by atoms with Gasteiger partial charge in [-0.25, -0.2) is 4.79 Å². The normalized spacial score (nSPS) is 15.7. The fraction of sp³-hybridized carbons (Fsp3) is 0.467. The number of amides is 1. The molecule has 5 nitrogen and oxygen atoms in total. The number of ether oxygens (including phenoxy) is 1. The van der Waals surface area contributed by atoms with E-state index in [4.69, 9.17) is 16.3 Å². The predicted octanol–water partition coefficient (Wildman–Crippen LogP) is 2.55. The fourth-order valence-corrected chi connectivity index (χ4v) is 2.61. The third-order valence-corrected chi connectivity index (χ3v) is 4.02. The maximum Gasteiger partial charge on any atom is 0.337 e. The van der Waals surface area contributed by atoms with E-state index in [9.17, 15) is 9.59 Å². The van der Waals surface area contributed by atoms with Gasteiger partial charge in [-0.15, -0.1) is 0 Å². The quantitative estimate of drug-likeness (QED) is 0.872. The average molecular weight is 311 g/mol. The van der Waals surface area contributed by atoms with Gasteiger partial charge in [0.15, 0.2) is 0 Å². The van der Waals surface area contributed by atoms with E-state index in [0.717, 1.165) is 31.6 Å². The van der Waals surface area contributed by atoms with E-state index in [0.29, 0.717) is 10.6 Å². The highest BCUT2D eigenvalue weighted by Gasteiger charge is 2.21. The van der Waals surface area contributed by atoms with E-state index < -0.39 is 0 Å². The summed E-state index contributed by atoms with van der Waals surface area (Å²) in [7, 11) is 1.35. The van der Waals surface area contributed by atoms with Gasteiger partial charge >= 0.3 is 5.97 Å². The second-order valence-electron chi connectivity index (χ2n) is 5.11. The number of esters is 1. The molecule has 0 aromatic heterocycles. The van der Waals surface area contributed by atoms with Crippen LogP contribution in [0.5, 0.6) is 0 Å². The Kier molecular flexibility index (Phi) is 5.07. The summed E-state index contributed by atoms with van der Waals surface area (Å²) in [6.45, 7) is 3.06. The number of hydrogen-bond acceptors (Lipinski definition) is 4. The van der Waals surface area contributed by atoms with Gasteiger partial charge in [-0.05, 0) is 31.0 Å². The van der Waals surface area contributed by atoms with Crippen LogP contribution in [-0.4, -0.2) is 43.0 Å². The highest BCUT2D eigenvalue weighted by Crippen LogP contribution is 2.26. The van der Waals surface area contributed by atoms with E-state index in [2.05, 4.69) is 5.32 Å². The molecule has 1 fully saturated rings. The highest BCUT2D eigenvalue weighted by atomic mass is 35.5. The molecule has 21 heavy (non-hydrogen) atoms. The molecule has 1 aromatic rings. The minimum Gasteiger partial charge on any atom is -0.465 e. The third-order valence-electron chi connectivity index (χ3n) is 3.69. The van der Waals surface area contributed by atoms with Gasteiger partial charge in [0.2, 0.25) is 5.91 Å². The Balaban J connectivity index is 2.03. The number of piperidine rings is 1. The lowest BCUT2D eigenvalue weighted by Gasteiger charge is -2.32. The number of rotatable bonds is 3. The summed E-state index contributed by atoms with van der Waals surface area (Å²) in [5, 5.41) is 3.92. The molecule has 114 valence electrons. The Labute approximate surface area is 129 Å². The molecule has 0 atom stereocenters. The van der Waals surface area contributed by atoms with Gasteiger partial charge in [-0.2, -0.15) is 0 Å². The van der Waals surface area contributed by atoms with Crippen LogP contribution in [0.2, 0.25) is 5.02 Å². The number of anilines is 1. The average Bonchev–Trinajstić information content (AvgIpc) is 2.49. The van der Waals surface area contributed by atoms with Crippen molar-refractivity contribution in [2.24, 2.45) is 0 Å². The second kappa shape index (κ2) is 6.80. The van der Waals surface area contributed by atoms with Gasteiger partial charge in [0.1, 0.15) is 0 Å². The Morgan fingerprint density at radius 3 is 2.57 bits per heavy atom. The van der Waals surface area contributed by atoms with Crippen LogP contribution >= 0.6 is 11.6 Å². The maximum absolute atomic E-state index is 11.5. The SMILES string of the molecule is COC(=O)c1ccc(Cl)c(NC2CCN(C(C)=O)CC2)c1. The van der Waals surface area contributed by atoms with Gasteiger partial charge in [-0.1, -0.05) is 11.6 Å². The third kappa shape index (κ3) is 3.88. The molecule has 0 aliphatic carbocycles. The van der Waals surface area contributed by atoms with Crippen molar-refractivity contribution in [3.63, 3.8) is 0 Å². The number of nitrogens with one attached hydrogen (secondary N) is 1. The van der Waals surface area contributed by atoms with Gasteiger partial charge in [0.05, 0.1) is 23.4 Å². The largest absolute Gasteiger partial charge is 0.465 e. The Bertz CT molecular complexity index is 540. The van der Waals surface area contributed by atoms with Crippen molar-refractivity contribution in [2.75, 3.05) is 25.5 Å². The number of likely N-dealkylation sites (tertiary alicyclic amines) is 1. The smallest absolute Gasteiger partial charge is 0.337 e. The van der Waals surface area contributed by atoms with Crippen molar-refractivity contribution < 1.29 is 14.3 Å². The van der Waals surface area contributed by atoms with Crippen molar-refractivity contribution >= 4 is 29.2 Å². The first-order valence-corrected chi connectivity index (χ1v) is 7.29. The van der Waals surface area contributed by atoms with Crippen LogP contribution in [-0.2, 0) is 9.53 Å². The van der Waals surface area contributed by atoms with E-state index in [-0.39, 0.29) is 17.9 Å². The zero-order valence-corrected chi connectivity index (χ0v) is 12.9. The summed E-state index contributed by atoms with van der Waals surface area (Å²) in [5.74, 6) is -0.278. The van der Waals surface area contributed by atoms with Crippen molar-refractivity contribution in [1.82, 2.24) is 4.90 Å². The molecule has 0 unspecified atom stereocenters. The Morgan fingerprint density at radius 1 is 1.33 bits per heavy atom. The van der Waals surface area contributed by atoms with Gasteiger partial charge in [0.25, 0.3) is 0 Å². The van der Waals surface area contributed by atoms with Crippen LogP contribution in [0.4, 0.5) is 5.69 Å². The molecule has 1 aliphatic heterocycles. The highest BCUT2D eigenvalue weighted by molar-refractivity contribution is 6.33. The first kappa shape index (κ1) is 15.6. The zero-order chi connectivity index (χ0) is 15.4. The number of carbonyl (C=O) groups excluding carboxylic acids is 2. The molecule has 1 aromatic carbocycles. The Morgan fingerprint density at radius 2 is 2.00 bits per heavy atom. The molecule has 1 N–H and O–H groups in total. The maximum atomic E-state index is 11.5. The summed E-state index contributed by atoms with van der Waals surface area (Å²) < 4.78 is 4.71. The lowest BCUT2D eigenvalue weighted by Crippen LogP contribution is -2.41. The molecule has 1 amide bonds. The molecule has 1 heterocycles. The minimum absolute atomic E-state index is 0.110. The summed E-state index contributed by atoms with van der Waals surface area (Å²) >= 11 is 6.16. The molecular weight excluding hydrogens is 292 g/mol. The monoisotopic (exact) mass is 310 g/mol. The predicted molar refractivity (Wildman–Crippen MR) is 81.7 cm³/mol. The van der Waals surface area contributed by atoms with Crippen LogP contribution in [0.3, 0.4) is 0 Å². The molecule has 0 spiro atoms. The van der Waals surface area contributed by atoms with Crippen molar-refractivity contribution in [3.05, 3.63) is 28.8 Å². The summed E-state index contributed by atoms with van der Waals surface area (Å²) in [6.07, 6.45) is 1.72. The second-order valence-corrected chi connectivity index (χ2v) is 5.52. The molecule has 1 saturated heterocycles. The van der Waals surface area contributed by atoms with E-state index >= 15 is 0 Å². The van der Waals surface area contributed by atoms with Crippen LogP contribution in [0, 0.1) is 0 Å². The lowest BCUT2D eigenvalue weighted by molar-refractivity contribution is -0.129. The van der Waals surface area contributed by atoms with Gasteiger partial charge in [0, 0.05) is 26.1 Å². The molecule has 0 radical (unpaired) electrons. The van der Waals surface area contributed by atoms with E-state index in [1.165, 1.54) is 7.11 Å². The van der Waals surface area contributed by atoms with Crippen molar-refractivity contribution in [2.45, 2.75) is 25.8 Å². The van der Waals surface area contributed by atoms with Crippen LogP contribution in [0.1, 0.15) is 30.1 Å². The first-order chi connectivity index (χ1) is 10.0. The number of benzene rings is 1. The summed E-state index contributed by atoms with van der Waals surface area (Å²) in [6, 6.07) is 5.26. The Hall–Kier alpha value is -1.75. The van der Waals surface area contributed by atoms with E-state index in [1.807, 2.05) is 4.90 Å². The van der Waals surface area contributed by atoms with Crippen LogP contribution in [0.15, 0.2) is 18.2 Å².